The summed E-state index contributed by atoms with van der Waals surface area (Å²) < 4.78 is 1.70. The molecule has 2 aromatic rings. The van der Waals surface area contributed by atoms with E-state index < -0.39 is 10.2 Å². The molecule has 10 heteroatoms. The van der Waals surface area contributed by atoms with Crippen molar-refractivity contribution in [1.82, 2.24) is 14.8 Å². The topological polar surface area (TPSA) is 103 Å². The van der Waals surface area contributed by atoms with Crippen LogP contribution in [0.1, 0.15) is 6.92 Å². The predicted octanol–water partition coefficient (Wildman–Crippen LogP) is 2.50. The van der Waals surface area contributed by atoms with E-state index in [-0.39, 0.29) is 16.6 Å². The summed E-state index contributed by atoms with van der Waals surface area (Å²) in [5.74, 6) is -0.288. The minimum Gasteiger partial charge on any atom is -0.324 e. The van der Waals surface area contributed by atoms with Gasteiger partial charge in [-0.05, 0) is 13.0 Å². The summed E-state index contributed by atoms with van der Waals surface area (Å²) in [6, 6.07) is 3.87. The van der Waals surface area contributed by atoms with Crippen molar-refractivity contribution in [2.45, 2.75) is 17.3 Å². The van der Waals surface area contributed by atoms with Gasteiger partial charge in [0.05, 0.1) is 20.9 Å². The molecular weight excluding hydrogens is 330 g/mol. The first-order chi connectivity index (χ1) is 10.4. The monoisotopic (exact) mass is 341 g/mol. The number of benzene rings is 1. The summed E-state index contributed by atoms with van der Waals surface area (Å²) >= 11 is 7.18. The second-order valence-corrected chi connectivity index (χ2v) is 6.11. The van der Waals surface area contributed by atoms with Gasteiger partial charge in [-0.2, -0.15) is 0 Å². The minimum absolute atomic E-state index is 0.110. The van der Waals surface area contributed by atoms with Crippen LogP contribution in [0.25, 0.3) is 0 Å². The van der Waals surface area contributed by atoms with E-state index >= 15 is 0 Å². The highest BCUT2D eigenvalue weighted by Gasteiger charge is 2.19. The number of amides is 1. The first kappa shape index (κ1) is 16.2. The third-order valence-corrected chi connectivity index (χ3v) is 4.20. The maximum absolute atomic E-state index is 12.1. The Bertz CT molecular complexity index is 721. The van der Waals surface area contributed by atoms with E-state index in [1.165, 1.54) is 30.0 Å². The Morgan fingerprint density at radius 2 is 2.27 bits per heavy atom. The zero-order valence-electron chi connectivity index (χ0n) is 11.7. The van der Waals surface area contributed by atoms with Crippen LogP contribution in [-0.2, 0) is 11.8 Å². The molecule has 22 heavy (non-hydrogen) atoms. The highest BCUT2D eigenvalue weighted by atomic mass is 35.5. The molecule has 1 amide bonds. The van der Waals surface area contributed by atoms with Crippen LogP contribution >= 0.6 is 23.4 Å². The number of carbonyl (C=O) groups excluding carboxylic acids is 1. The molecule has 0 saturated carbocycles. The summed E-state index contributed by atoms with van der Waals surface area (Å²) in [5.41, 5.74) is 0.187. The standard InChI is InChI=1S/C12H12ClN5O3S/c1-7(22-12-16-14-6-17(12)2)11(19)15-10-4-3-8(18(20)21)5-9(10)13/h3-7H,1-2H3,(H,15,19)/t7-/m1/s1. The smallest absolute Gasteiger partial charge is 0.271 e. The van der Waals surface area contributed by atoms with Crippen molar-refractivity contribution in [1.29, 1.82) is 0 Å². The van der Waals surface area contributed by atoms with E-state index in [1.54, 1.807) is 24.9 Å². The Balaban J connectivity index is 2.05. The molecule has 0 aliphatic rings. The van der Waals surface area contributed by atoms with Crippen LogP contribution in [0.2, 0.25) is 5.02 Å². The molecule has 116 valence electrons. The highest BCUT2D eigenvalue weighted by molar-refractivity contribution is 8.00. The summed E-state index contributed by atoms with van der Waals surface area (Å²) in [5, 5.41) is 21.2. The van der Waals surface area contributed by atoms with Crippen LogP contribution in [0.3, 0.4) is 0 Å². The number of carbonyl (C=O) groups is 1. The number of nitrogens with zero attached hydrogens (tertiary/aromatic N) is 4. The molecule has 0 bridgehead atoms. The van der Waals surface area contributed by atoms with Crippen LogP contribution in [0.5, 0.6) is 0 Å². The molecule has 0 spiro atoms. The van der Waals surface area contributed by atoms with Gasteiger partial charge in [0, 0.05) is 19.2 Å². The SMILES string of the molecule is C[C@@H](Sc1nncn1C)C(=O)Nc1ccc([N+](=O)[O-])cc1Cl. The Hall–Kier alpha value is -2.13. The number of thioether (sulfide) groups is 1. The van der Waals surface area contributed by atoms with Crippen LogP contribution in [0.4, 0.5) is 11.4 Å². The number of aromatic nitrogens is 3. The molecule has 0 unspecified atom stereocenters. The first-order valence-electron chi connectivity index (χ1n) is 6.14. The summed E-state index contributed by atoms with van der Waals surface area (Å²) in [7, 11) is 1.78. The molecule has 1 aromatic carbocycles. The second kappa shape index (κ2) is 6.75. The molecular formula is C12H12ClN5O3S. The predicted molar refractivity (Wildman–Crippen MR) is 83.1 cm³/mol. The molecule has 1 aromatic heterocycles. The first-order valence-corrected chi connectivity index (χ1v) is 7.39. The van der Waals surface area contributed by atoms with Gasteiger partial charge in [0.15, 0.2) is 5.16 Å². The third kappa shape index (κ3) is 3.74. The van der Waals surface area contributed by atoms with Crippen LogP contribution in [0, 0.1) is 10.1 Å². The minimum atomic E-state index is -0.552. The number of rotatable bonds is 5. The summed E-state index contributed by atoms with van der Waals surface area (Å²) in [6.45, 7) is 1.72. The Morgan fingerprint density at radius 3 is 2.82 bits per heavy atom. The number of nitro groups is 1. The number of anilines is 1. The van der Waals surface area contributed by atoms with Crippen molar-refractivity contribution < 1.29 is 9.72 Å². The van der Waals surface area contributed by atoms with E-state index in [2.05, 4.69) is 15.5 Å². The fourth-order valence-electron chi connectivity index (χ4n) is 1.54. The zero-order valence-corrected chi connectivity index (χ0v) is 13.3. The molecule has 0 fully saturated rings. The van der Waals surface area contributed by atoms with Crippen molar-refractivity contribution in [3.8, 4) is 0 Å². The van der Waals surface area contributed by atoms with E-state index in [4.69, 9.17) is 11.6 Å². The molecule has 1 atom stereocenters. The number of hydrogen-bond donors (Lipinski definition) is 1. The van der Waals surface area contributed by atoms with Crippen LogP contribution in [-0.4, -0.2) is 30.8 Å². The number of nitro benzene ring substituents is 1. The second-order valence-electron chi connectivity index (χ2n) is 4.40. The summed E-state index contributed by atoms with van der Waals surface area (Å²) in [6.07, 6.45) is 1.54. The molecule has 1 heterocycles. The fraction of sp³-hybridized carbons (Fsp3) is 0.250. The van der Waals surface area contributed by atoms with Gasteiger partial charge in [-0.15, -0.1) is 10.2 Å². The van der Waals surface area contributed by atoms with Gasteiger partial charge in [-0.3, -0.25) is 14.9 Å². The Kier molecular flexibility index (Phi) is 4.99. The lowest BCUT2D eigenvalue weighted by Gasteiger charge is -2.12. The number of halogens is 1. The number of non-ortho nitro benzene ring substituents is 1. The zero-order chi connectivity index (χ0) is 16.3. The molecule has 0 saturated heterocycles. The number of hydrogen-bond acceptors (Lipinski definition) is 6. The Morgan fingerprint density at radius 1 is 1.55 bits per heavy atom. The maximum Gasteiger partial charge on any atom is 0.271 e. The van der Waals surface area contributed by atoms with Gasteiger partial charge >= 0.3 is 0 Å². The molecule has 2 rings (SSSR count). The highest BCUT2D eigenvalue weighted by Crippen LogP contribution is 2.28. The van der Waals surface area contributed by atoms with Gasteiger partial charge in [-0.25, -0.2) is 0 Å². The van der Waals surface area contributed by atoms with E-state index in [0.717, 1.165) is 0 Å². The molecule has 0 aliphatic carbocycles. The van der Waals surface area contributed by atoms with Crippen LogP contribution in [0.15, 0.2) is 29.7 Å². The van der Waals surface area contributed by atoms with Crippen molar-refractivity contribution in [2.24, 2.45) is 7.05 Å². The number of aryl methyl sites for hydroxylation is 1. The molecule has 8 nitrogen and oxygen atoms in total. The summed E-state index contributed by atoms with van der Waals surface area (Å²) in [4.78, 5) is 22.2. The van der Waals surface area contributed by atoms with Crippen molar-refractivity contribution in [2.75, 3.05) is 5.32 Å². The fourth-order valence-corrected chi connectivity index (χ4v) is 2.56. The van der Waals surface area contributed by atoms with Crippen molar-refractivity contribution >= 4 is 40.6 Å². The quantitative estimate of drug-likeness (QED) is 0.509. The van der Waals surface area contributed by atoms with Gasteiger partial charge < -0.3 is 9.88 Å². The average Bonchev–Trinajstić information content (AvgIpc) is 2.86. The van der Waals surface area contributed by atoms with Gasteiger partial charge in [0.25, 0.3) is 5.69 Å². The Labute approximate surface area is 135 Å². The van der Waals surface area contributed by atoms with Crippen molar-refractivity contribution in [3.63, 3.8) is 0 Å². The molecule has 0 radical (unpaired) electrons. The van der Waals surface area contributed by atoms with Crippen LogP contribution < -0.4 is 5.32 Å². The number of nitrogens with one attached hydrogen (secondary N) is 1. The lowest BCUT2D eigenvalue weighted by atomic mass is 10.2. The molecule has 1 N–H and O–H groups in total. The van der Waals surface area contributed by atoms with Gasteiger partial charge in [-0.1, -0.05) is 23.4 Å². The lowest BCUT2D eigenvalue weighted by molar-refractivity contribution is -0.384. The van der Waals surface area contributed by atoms with Crippen molar-refractivity contribution in [3.05, 3.63) is 39.7 Å². The third-order valence-electron chi connectivity index (χ3n) is 2.74. The van der Waals surface area contributed by atoms with E-state index in [9.17, 15) is 14.9 Å². The van der Waals surface area contributed by atoms with Gasteiger partial charge in [0.2, 0.25) is 5.91 Å². The van der Waals surface area contributed by atoms with E-state index in [1.807, 2.05) is 0 Å². The van der Waals surface area contributed by atoms with E-state index in [0.29, 0.717) is 10.8 Å². The maximum atomic E-state index is 12.1. The average molecular weight is 342 g/mol. The lowest BCUT2D eigenvalue weighted by Crippen LogP contribution is -2.23. The molecule has 0 aliphatic heterocycles. The van der Waals surface area contributed by atoms with Gasteiger partial charge in [0.1, 0.15) is 6.33 Å². The largest absolute Gasteiger partial charge is 0.324 e. The normalized spacial score (nSPS) is 12.0.